The zero-order valence-corrected chi connectivity index (χ0v) is 14.2. The Morgan fingerprint density at radius 1 is 1.25 bits per heavy atom. The summed E-state index contributed by atoms with van der Waals surface area (Å²) < 4.78 is 11.1. The SMILES string of the molecule is CCOc1ccccc1N(C)C(=O)c1cccc([C@@H]2CCOC2)c1. The standard InChI is InChI=1S/C20H23NO3/c1-3-24-19-10-5-4-9-18(19)21(2)20(22)16-8-6-7-15(13-16)17-11-12-23-14-17/h4-10,13,17H,3,11-12,14H2,1-2H3/t17-/m1/s1. The summed E-state index contributed by atoms with van der Waals surface area (Å²) in [6.07, 6.45) is 1.01. The van der Waals surface area contributed by atoms with Crippen LogP contribution in [0.25, 0.3) is 0 Å². The Bertz CT molecular complexity index is 708. The maximum Gasteiger partial charge on any atom is 0.258 e. The van der Waals surface area contributed by atoms with Crippen molar-refractivity contribution in [2.75, 3.05) is 31.8 Å². The van der Waals surface area contributed by atoms with Crippen LogP contribution in [0.1, 0.15) is 35.2 Å². The van der Waals surface area contributed by atoms with E-state index in [2.05, 4.69) is 6.07 Å². The Balaban J connectivity index is 1.84. The zero-order valence-electron chi connectivity index (χ0n) is 14.2. The number of carbonyl (C=O) groups excluding carboxylic acids is 1. The van der Waals surface area contributed by atoms with Crippen LogP contribution in [0, 0.1) is 0 Å². The van der Waals surface area contributed by atoms with Crippen molar-refractivity contribution in [2.24, 2.45) is 0 Å². The lowest BCUT2D eigenvalue weighted by atomic mass is 9.96. The molecule has 2 aromatic carbocycles. The number of ether oxygens (including phenoxy) is 2. The van der Waals surface area contributed by atoms with Crippen molar-refractivity contribution in [2.45, 2.75) is 19.3 Å². The molecule has 1 amide bonds. The van der Waals surface area contributed by atoms with Crippen LogP contribution in [0.2, 0.25) is 0 Å². The summed E-state index contributed by atoms with van der Waals surface area (Å²) >= 11 is 0. The third-order valence-corrected chi connectivity index (χ3v) is 4.37. The largest absolute Gasteiger partial charge is 0.492 e. The molecular formula is C20H23NO3. The molecule has 1 aliphatic rings. The first kappa shape index (κ1) is 16.5. The molecule has 1 fully saturated rings. The van der Waals surface area contributed by atoms with Crippen LogP contribution in [0.3, 0.4) is 0 Å². The maximum atomic E-state index is 12.9. The molecule has 3 rings (SSSR count). The van der Waals surface area contributed by atoms with Gasteiger partial charge in [0, 0.05) is 25.1 Å². The van der Waals surface area contributed by atoms with E-state index in [0.29, 0.717) is 18.1 Å². The molecule has 1 aliphatic heterocycles. The van der Waals surface area contributed by atoms with Crippen LogP contribution < -0.4 is 9.64 Å². The molecule has 0 bridgehead atoms. The van der Waals surface area contributed by atoms with Gasteiger partial charge in [0.05, 0.1) is 18.9 Å². The first-order valence-electron chi connectivity index (χ1n) is 8.38. The van der Waals surface area contributed by atoms with Crippen molar-refractivity contribution in [1.82, 2.24) is 0 Å². The predicted octanol–water partition coefficient (Wildman–Crippen LogP) is 3.87. The lowest BCUT2D eigenvalue weighted by Crippen LogP contribution is -2.27. The topological polar surface area (TPSA) is 38.8 Å². The average Bonchev–Trinajstić information content (AvgIpc) is 3.16. The number of anilines is 1. The molecule has 0 radical (unpaired) electrons. The number of nitrogens with zero attached hydrogens (tertiary/aromatic N) is 1. The number of benzene rings is 2. The van der Waals surface area contributed by atoms with E-state index in [0.717, 1.165) is 31.1 Å². The molecule has 0 spiro atoms. The fraction of sp³-hybridized carbons (Fsp3) is 0.350. The van der Waals surface area contributed by atoms with Crippen molar-refractivity contribution >= 4 is 11.6 Å². The third-order valence-electron chi connectivity index (χ3n) is 4.37. The number of rotatable bonds is 5. The molecule has 126 valence electrons. The number of amides is 1. The lowest BCUT2D eigenvalue weighted by molar-refractivity contribution is 0.0992. The second kappa shape index (κ2) is 7.49. The summed E-state index contributed by atoms with van der Waals surface area (Å²) in [4.78, 5) is 14.6. The van der Waals surface area contributed by atoms with Gasteiger partial charge in [0.25, 0.3) is 5.91 Å². The van der Waals surface area contributed by atoms with Gasteiger partial charge in [-0.05, 0) is 43.2 Å². The van der Waals surface area contributed by atoms with E-state index >= 15 is 0 Å². The van der Waals surface area contributed by atoms with Gasteiger partial charge in [-0.3, -0.25) is 4.79 Å². The van der Waals surface area contributed by atoms with Gasteiger partial charge in [-0.25, -0.2) is 0 Å². The van der Waals surface area contributed by atoms with E-state index in [4.69, 9.17) is 9.47 Å². The maximum absolute atomic E-state index is 12.9. The van der Waals surface area contributed by atoms with Gasteiger partial charge in [-0.1, -0.05) is 24.3 Å². The molecule has 4 heteroatoms. The van der Waals surface area contributed by atoms with Gasteiger partial charge in [0.15, 0.2) is 0 Å². The second-order valence-electron chi connectivity index (χ2n) is 5.95. The van der Waals surface area contributed by atoms with Gasteiger partial charge in [0.2, 0.25) is 0 Å². The molecule has 0 saturated carbocycles. The molecular weight excluding hydrogens is 302 g/mol. The normalized spacial score (nSPS) is 16.8. The molecule has 0 unspecified atom stereocenters. The number of hydrogen-bond donors (Lipinski definition) is 0. The third kappa shape index (κ3) is 3.44. The molecule has 2 aromatic rings. The minimum Gasteiger partial charge on any atom is -0.492 e. The van der Waals surface area contributed by atoms with Crippen LogP contribution in [0.4, 0.5) is 5.69 Å². The lowest BCUT2D eigenvalue weighted by Gasteiger charge is -2.21. The summed E-state index contributed by atoms with van der Waals surface area (Å²) in [6, 6.07) is 15.5. The molecule has 0 aromatic heterocycles. The van der Waals surface area contributed by atoms with E-state index < -0.39 is 0 Å². The minimum atomic E-state index is -0.0390. The summed E-state index contributed by atoms with van der Waals surface area (Å²) in [7, 11) is 1.78. The summed E-state index contributed by atoms with van der Waals surface area (Å²) in [5.74, 6) is 1.07. The van der Waals surface area contributed by atoms with Crippen LogP contribution in [0.5, 0.6) is 5.75 Å². The quantitative estimate of drug-likeness (QED) is 0.838. The van der Waals surface area contributed by atoms with Gasteiger partial charge in [-0.2, -0.15) is 0 Å². The Morgan fingerprint density at radius 2 is 2.08 bits per heavy atom. The van der Waals surface area contributed by atoms with Gasteiger partial charge >= 0.3 is 0 Å². The molecule has 0 aliphatic carbocycles. The van der Waals surface area contributed by atoms with Gasteiger partial charge < -0.3 is 14.4 Å². The average molecular weight is 325 g/mol. The number of para-hydroxylation sites is 2. The smallest absolute Gasteiger partial charge is 0.258 e. The molecule has 24 heavy (non-hydrogen) atoms. The fourth-order valence-corrected chi connectivity index (χ4v) is 3.04. The highest BCUT2D eigenvalue weighted by atomic mass is 16.5. The summed E-state index contributed by atoms with van der Waals surface area (Å²) in [5.41, 5.74) is 2.64. The van der Waals surface area contributed by atoms with Crippen molar-refractivity contribution < 1.29 is 14.3 Å². The van der Waals surface area contributed by atoms with E-state index in [1.165, 1.54) is 5.56 Å². The van der Waals surface area contributed by atoms with Crippen LogP contribution in [-0.2, 0) is 4.74 Å². The van der Waals surface area contributed by atoms with Crippen LogP contribution in [-0.4, -0.2) is 32.8 Å². The van der Waals surface area contributed by atoms with E-state index in [1.807, 2.05) is 49.4 Å². The van der Waals surface area contributed by atoms with Crippen molar-refractivity contribution in [1.29, 1.82) is 0 Å². The van der Waals surface area contributed by atoms with Crippen molar-refractivity contribution in [3.63, 3.8) is 0 Å². The number of carbonyl (C=O) groups is 1. The Labute approximate surface area is 143 Å². The minimum absolute atomic E-state index is 0.0390. The van der Waals surface area contributed by atoms with Crippen molar-refractivity contribution in [3.05, 3.63) is 59.7 Å². The molecule has 1 heterocycles. The highest BCUT2D eigenvalue weighted by molar-refractivity contribution is 6.06. The predicted molar refractivity (Wildman–Crippen MR) is 95.0 cm³/mol. The zero-order chi connectivity index (χ0) is 16.9. The van der Waals surface area contributed by atoms with E-state index in [9.17, 15) is 4.79 Å². The first-order valence-corrected chi connectivity index (χ1v) is 8.38. The Kier molecular flexibility index (Phi) is 5.16. The highest BCUT2D eigenvalue weighted by Gasteiger charge is 2.21. The highest BCUT2D eigenvalue weighted by Crippen LogP contribution is 2.29. The van der Waals surface area contributed by atoms with Crippen LogP contribution in [0.15, 0.2) is 48.5 Å². The monoisotopic (exact) mass is 325 g/mol. The molecule has 1 atom stereocenters. The van der Waals surface area contributed by atoms with Gasteiger partial charge in [0.1, 0.15) is 5.75 Å². The van der Waals surface area contributed by atoms with E-state index in [1.54, 1.807) is 11.9 Å². The number of hydrogen-bond acceptors (Lipinski definition) is 3. The first-order chi connectivity index (χ1) is 11.7. The molecule has 0 N–H and O–H groups in total. The van der Waals surface area contributed by atoms with Crippen molar-refractivity contribution in [3.8, 4) is 5.75 Å². The molecule has 4 nitrogen and oxygen atoms in total. The van der Waals surface area contributed by atoms with Gasteiger partial charge in [-0.15, -0.1) is 0 Å². The second-order valence-corrected chi connectivity index (χ2v) is 5.95. The Hall–Kier alpha value is -2.33. The fourth-order valence-electron chi connectivity index (χ4n) is 3.04. The van der Waals surface area contributed by atoms with Crippen LogP contribution >= 0.6 is 0 Å². The molecule has 1 saturated heterocycles. The summed E-state index contributed by atoms with van der Waals surface area (Å²) in [5, 5.41) is 0. The Morgan fingerprint density at radius 3 is 2.83 bits per heavy atom. The van der Waals surface area contributed by atoms with E-state index in [-0.39, 0.29) is 5.91 Å². The summed E-state index contributed by atoms with van der Waals surface area (Å²) in [6.45, 7) is 4.03.